The molecule has 0 bridgehead atoms. The van der Waals surface area contributed by atoms with Crippen molar-refractivity contribution in [1.29, 1.82) is 0 Å². The molecule has 0 fully saturated rings. The zero-order valence-corrected chi connectivity index (χ0v) is 8.86. The Morgan fingerprint density at radius 3 is 1.91 bits per heavy atom. The summed E-state index contributed by atoms with van der Waals surface area (Å²) in [6.45, 7) is 12.7. The highest BCUT2D eigenvalue weighted by Gasteiger charge is 2.24. The van der Waals surface area contributed by atoms with Crippen LogP contribution in [-0.2, 0) is 0 Å². The van der Waals surface area contributed by atoms with E-state index < -0.39 is 0 Å². The van der Waals surface area contributed by atoms with Crippen molar-refractivity contribution in [3.63, 3.8) is 0 Å². The molecule has 0 radical (unpaired) electrons. The van der Waals surface area contributed by atoms with Gasteiger partial charge in [0.2, 0.25) is 0 Å². The molecule has 0 aliphatic rings. The molecule has 0 amide bonds. The summed E-state index contributed by atoms with van der Waals surface area (Å²) < 4.78 is 0. The molecular weight excluding hydrogens is 134 g/mol. The summed E-state index contributed by atoms with van der Waals surface area (Å²) in [5.41, 5.74) is 0.441. The van der Waals surface area contributed by atoms with Crippen LogP contribution in [0.1, 0.15) is 34.6 Å². The largest absolute Gasteiger partial charge is 0.319 e. The van der Waals surface area contributed by atoms with E-state index in [1.54, 1.807) is 0 Å². The normalized spacial score (nSPS) is 18.0. The van der Waals surface area contributed by atoms with Crippen LogP contribution in [0.3, 0.4) is 0 Å². The molecule has 0 aliphatic heterocycles. The van der Waals surface area contributed by atoms with Gasteiger partial charge in [-0.15, -0.1) is 0 Å². The zero-order valence-electron chi connectivity index (χ0n) is 8.86. The summed E-state index contributed by atoms with van der Waals surface area (Å²) in [5, 5.41) is 3.22. The van der Waals surface area contributed by atoms with Gasteiger partial charge in [0.1, 0.15) is 0 Å². The molecule has 0 heterocycles. The maximum absolute atomic E-state index is 3.22. The second-order valence-electron chi connectivity index (χ2n) is 4.69. The number of rotatable bonds is 3. The summed E-state index contributed by atoms with van der Waals surface area (Å²) >= 11 is 0. The molecule has 0 saturated carbocycles. The number of hydrogen-bond acceptors (Lipinski definition) is 1. The van der Waals surface area contributed by atoms with Gasteiger partial charge in [0.05, 0.1) is 0 Å². The average Bonchev–Trinajstić information content (AvgIpc) is 1.85. The van der Waals surface area contributed by atoms with Gasteiger partial charge in [-0.3, -0.25) is 0 Å². The first kappa shape index (κ1) is 11.0. The minimum absolute atomic E-state index is 0.441. The third-order valence-electron chi connectivity index (χ3n) is 2.75. The monoisotopic (exact) mass is 157 g/mol. The molecule has 1 nitrogen and oxygen atoms in total. The Morgan fingerprint density at radius 2 is 1.64 bits per heavy atom. The Kier molecular flexibility index (Phi) is 4.09. The van der Waals surface area contributed by atoms with Crippen molar-refractivity contribution in [2.75, 3.05) is 13.6 Å². The Balaban J connectivity index is 3.91. The van der Waals surface area contributed by atoms with Gasteiger partial charge in [-0.2, -0.15) is 0 Å². The van der Waals surface area contributed by atoms with Gasteiger partial charge >= 0.3 is 0 Å². The van der Waals surface area contributed by atoms with Crippen LogP contribution in [0.15, 0.2) is 0 Å². The lowest BCUT2D eigenvalue weighted by Gasteiger charge is -2.32. The smallest absolute Gasteiger partial charge is 0.00234 e. The SMILES string of the molecule is CNCC(C)C(C)C(C)(C)C. The molecule has 0 aromatic carbocycles. The first-order chi connectivity index (χ1) is 4.89. The highest BCUT2D eigenvalue weighted by atomic mass is 14.8. The van der Waals surface area contributed by atoms with Gasteiger partial charge < -0.3 is 5.32 Å². The molecule has 0 rings (SSSR count). The third-order valence-corrected chi connectivity index (χ3v) is 2.75. The molecule has 2 unspecified atom stereocenters. The van der Waals surface area contributed by atoms with E-state index in [-0.39, 0.29) is 0 Å². The maximum Gasteiger partial charge on any atom is -0.00234 e. The van der Waals surface area contributed by atoms with Crippen LogP contribution in [0, 0.1) is 17.3 Å². The van der Waals surface area contributed by atoms with Gasteiger partial charge in [-0.25, -0.2) is 0 Å². The lowest BCUT2D eigenvalue weighted by molar-refractivity contribution is 0.186. The van der Waals surface area contributed by atoms with Crippen molar-refractivity contribution < 1.29 is 0 Å². The first-order valence-corrected chi connectivity index (χ1v) is 4.54. The third kappa shape index (κ3) is 3.76. The van der Waals surface area contributed by atoms with Crippen molar-refractivity contribution in [3.8, 4) is 0 Å². The highest BCUT2D eigenvalue weighted by molar-refractivity contribution is 4.75. The molecule has 2 atom stereocenters. The Hall–Kier alpha value is -0.0400. The second kappa shape index (κ2) is 4.10. The van der Waals surface area contributed by atoms with E-state index in [4.69, 9.17) is 0 Å². The summed E-state index contributed by atoms with van der Waals surface area (Å²) in [6.07, 6.45) is 0. The van der Waals surface area contributed by atoms with Crippen LogP contribution >= 0.6 is 0 Å². The summed E-state index contributed by atoms with van der Waals surface area (Å²) in [7, 11) is 2.02. The summed E-state index contributed by atoms with van der Waals surface area (Å²) in [5.74, 6) is 1.54. The van der Waals surface area contributed by atoms with E-state index in [0.29, 0.717) is 5.41 Å². The van der Waals surface area contributed by atoms with Gasteiger partial charge in [0.25, 0.3) is 0 Å². The second-order valence-corrected chi connectivity index (χ2v) is 4.69. The highest BCUT2D eigenvalue weighted by Crippen LogP contribution is 2.30. The number of nitrogens with one attached hydrogen (secondary N) is 1. The molecule has 1 N–H and O–H groups in total. The van der Waals surface area contributed by atoms with Gasteiger partial charge in [0.15, 0.2) is 0 Å². The molecule has 68 valence electrons. The summed E-state index contributed by atoms with van der Waals surface area (Å²) in [6, 6.07) is 0. The molecule has 11 heavy (non-hydrogen) atoms. The minimum Gasteiger partial charge on any atom is -0.319 e. The molecule has 0 saturated heterocycles. The Labute approximate surface area is 71.6 Å². The Morgan fingerprint density at radius 1 is 1.18 bits per heavy atom. The molecular formula is C10H23N. The lowest BCUT2D eigenvalue weighted by atomic mass is 9.75. The minimum atomic E-state index is 0.441. The molecule has 0 aromatic rings. The van der Waals surface area contributed by atoms with E-state index in [1.165, 1.54) is 0 Å². The van der Waals surface area contributed by atoms with Crippen LogP contribution in [0.4, 0.5) is 0 Å². The molecule has 0 spiro atoms. The van der Waals surface area contributed by atoms with Crippen molar-refractivity contribution in [1.82, 2.24) is 5.32 Å². The quantitative estimate of drug-likeness (QED) is 0.664. The molecule has 0 aromatic heterocycles. The molecule has 0 aliphatic carbocycles. The average molecular weight is 157 g/mol. The van der Waals surface area contributed by atoms with Crippen molar-refractivity contribution in [2.24, 2.45) is 17.3 Å². The fraction of sp³-hybridized carbons (Fsp3) is 1.00. The van der Waals surface area contributed by atoms with E-state index >= 15 is 0 Å². The van der Waals surface area contributed by atoms with E-state index in [9.17, 15) is 0 Å². The van der Waals surface area contributed by atoms with Crippen LogP contribution < -0.4 is 5.32 Å². The van der Waals surface area contributed by atoms with Crippen LogP contribution in [0.25, 0.3) is 0 Å². The topological polar surface area (TPSA) is 12.0 Å². The lowest BCUT2D eigenvalue weighted by Crippen LogP contribution is -2.30. The fourth-order valence-electron chi connectivity index (χ4n) is 1.35. The maximum atomic E-state index is 3.22. The Bertz CT molecular complexity index is 102. The standard InChI is InChI=1S/C10H23N/c1-8(7-11-6)9(2)10(3,4)5/h8-9,11H,7H2,1-6H3. The van der Waals surface area contributed by atoms with Gasteiger partial charge in [-0.1, -0.05) is 34.6 Å². The van der Waals surface area contributed by atoms with Crippen LogP contribution in [0.5, 0.6) is 0 Å². The van der Waals surface area contributed by atoms with E-state index in [1.807, 2.05) is 7.05 Å². The van der Waals surface area contributed by atoms with E-state index in [2.05, 4.69) is 39.9 Å². The van der Waals surface area contributed by atoms with Gasteiger partial charge in [-0.05, 0) is 30.8 Å². The van der Waals surface area contributed by atoms with Crippen molar-refractivity contribution in [2.45, 2.75) is 34.6 Å². The zero-order chi connectivity index (χ0) is 9.07. The predicted molar refractivity (Wildman–Crippen MR) is 51.7 cm³/mol. The first-order valence-electron chi connectivity index (χ1n) is 4.54. The van der Waals surface area contributed by atoms with Crippen LogP contribution in [-0.4, -0.2) is 13.6 Å². The van der Waals surface area contributed by atoms with Crippen LogP contribution in [0.2, 0.25) is 0 Å². The number of hydrogen-bond donors (Lipinski definition) is 1. The van der Waals surface area contributed by atoms with Crippen molar-refractivity contribution in [3.05, 3.63) is 0 Å². The summed E-state index contributed by atoms with van der Waals surface area (Å²) in [4.78, 5) is 0. The van der Waals surface area contributed by atoms with Gasteiger partial charge in [0, 0.05) is 0 Å². The molecule has 1 heteroatoms. The van der Waals surface area contributed by atoms with Crippen molar-refractivity contribution >= 4 is 0 Å². The fourth-order valence-corrected chi connectivity index (χ4v) is 1.35. The predicted octanol–water partition coefficient (Wildman–Crippen LogP) is 2.52. The van der Waals surface area contributed by atoms with E-state index in [0.717, 1.165) is 18.4 Å².